The summed E-state index contributed by atoms with van der Waals surface area (Å²) in [6.45, 7) is 2.41. The maximum Gasteiger partial charge on any atom is 0.327 e. The van der Waals surface area contributed by atoms with Gasteiger partial charge < -0.3 is 15.1 Å². The molecule has 0 aromatic carbocycles. The van der Waals surface area contributed by atoms with E-state index in [4.69, 9.17) is 0 Å². The van der Waals surface area contributed by atoms with Crippen molar-refractivity contribution >= 4 is 17.8 Å². The molecule has 4 rings (SSSR count). The predicted octanol–water partition coefficient (Wildman–Crippen LogP) is 1.57. The van der Waals surface area contributed by atoms with Crippen LogP contribution in [0.15, 0.2) is 0 Å². The molecule has 0 atom stereocenters. The van der Waals surface area contributed by atoms with Gasteiger partial charge in [-0.3, -0.25) is 14.5 Å². The SMILES string of the molecule is CN1C(=O)N(CC(=O)N2CCC(NCC3CC3)CC2)C(=O)C12CCCCC2. The Morgan fingerprint density at radius 2 is 1.74 bits per heavy atom. The Balaban J connectivity index is 1.31. The van der Waals surface area contributed by atoms with Gasteiger partial charge in [0.25, 0.3) is 5.91 Å². The van der Waals surface area contributed by atoms with E-state index < -0.39 is 5.54 Å². The first-order chi connectivity index (χ1) is 13.0. The number of likely N-dealkylation sites (N-methyl/N-ethyl adjacent to an activating group) is 1. The number of hydrogen-bond donors (Lipinski definition) is 1. The summed E-state index contributed by atoms with van der Waals surface area (Å²) in [7, 11) is 1.72. The molecule has 1 N–H and O–H groups in total. The van der Waals surface area contributed by atoms with Crippen molar-refractivity contribution in [2.75, 3.05) is 33.2 Å². The van der Waals surface area contributed by atoms with E-state index in [2.05, 4.69) is 5.32 Å². The smallest absolute Gasteiger partial charge is 0.327 e. The molecule has 0 radical (unpaired) electrons. The molecule has 2 heterocycles. The summed E-state index contributed by atoms with van der Waals surface area (Å²) in [4.78, 5) is 43.0. The van der Waals surface area contributed by atoms with Crippen LogP contribution in [0.4, 0.5) is 4.79 Å². The quantitative estimate of drug-likeness (QED) is 0.740. The summed E-state index contributed by atoms with van der Waals surface area (Å²) < 4.78 is 0. The Morgan fingerprint density at radius 1 is 1.07 bits per heavy atom. The molecule has 4 aliphatic rings. The average molecular weight is 377 g/mol. The van der Waals surface area contributed by atoms with Gasteiger partial charge in [-0.2, -0.15) is 0 Å². The van der Waals surface area contributed by atoms with Crippen molar-refractivity contribution in [2.45, 2.75) is 69.4 Å². The highest BCUT2D eigenvalue weighted by Crippen LogP contribution is 2.39. The average Bonchev–Trinajstić information content (AvgIpc) is 3.51. The molecule has 2 saturated carbocycles. The second-order valence-corrected chi connectivity index (χ2v) is 8.83. The maximum absolute atomic E-state index is 13.0. The second kappa shape index (κ2) is 7.41. The highest BCUT2D eigenvalue weighted by atomic mass is 16.2. The number of rotatable bonds is 5. The number of nitrogens with zero attached hydrogens (tertiary/aromatic N) is 3. The number of hydrogen-bond acceptors (Lipinski definition) is 4. The number of amides is 4. The summed E-state index contributed by atoms with van der Waals surface area (Å²) in [5.74, 6) is 0.601. The van der Waals surface area contributed by atoms with Gasteiger partial charge in [0, 0.05) is 26.2 Å². The number of urea groups is 1. The molecule has 2 saturated heterocycles. The largest absolute Gasteiger partial charge is 0.341 e. The molecule has 7 nitrogen and oxygen atoms in total. The van der Waals surface area contributed by atoms with Gasteiger partial charge in [0.1, 0.15) is 12.1 Å². The third kappa shape index (κ3) is 3.58. The topological polar surface area (TPSA) is 73.0 Å². The van der Waals surface area contributed by atoms with E-state index in [0.717, 1.165) is 57.4 Å². The van der Waals surface area contributed by atoms with E-state index in [1.165, 1.54) is 17.7 Å². The second-order valence-electron chi connectivity index (χ2n) is 8.83. The minimum atomic E-state index is -0.699. The van der Waals surface area contributed by atoms with E-state index in [0.29, 0.717) is 19.1 Å². The van der Waals surface area contributed by atoms with Crippen LogP contribution >= 0.6 is 0 Å². The van der Waals surface area contributed by atoms with Crippen LogP contribution in [0.1, 0.15) is 57.8 Å². The molecule has 0 unspecified atom stereocenters. The van der Waals surface area contributed by atoms with Crippen molar-refractivity contribution in [3.05, 3.63) is 0 Å². The van der Waals surface area contributed by atoms with Crippen LogP contribution in [0.3, 0.4) is 0 Å². The number of piperidine rings is 1. The summed E-state index contributed by atoms with van der Waals surface area (Å²) >= 11 is 0. The van der Waals surface area contributed by atoms with E-state index in [-0.39, 0.29) is 24.4 Å². The van der Waals surface area contributed by atoms with Crippen LogP contribution in [0, 0.1) is 5.92 Å². The molecule has 2 aliphatic carbocycles. The van der Waals surface area contributed by atoms with Gasteiger partial charge in [-0.25, -0.2) is 4.79 Å². The monoisotopic (exact) mass is 376 g/mol. The normalized spacial score (nSPS) is 26.3. The summed E-state index contributed by atoms with van der Waals surface area (Å²) in [6.07, 6.45) is 9.07. The standard InChI is InChI=1S/C20H32N4O3/c1-22-19(27)24(18(26)20(22)9-3-2-4-10-20)14-17(25)23-11-7-16(8-12-23)21-13-15-5-6-15/h15-16,21H,2-14H2,1H3. The fraction of sp³-hybridized carbons (Fsp3) is 0.850. The summed E-state index contributed by atoms with van der Waals surface area (Å²) in [5.41, 5.74) is -0.699. The molecule has 1 spiro atoms. The first-order valence-corrected chi connectivity index (χ1v) is 10.6. The first kappa shape index (κ1) is 18.7. The molecule has 27 heavy (non-hydrogen) atoms. The number of nitrogens with one attached hydrogen (secondary N) is 1. The van der Waals surface area contributed by atoms with Crippen molar-refractivity contribution in [1.29, 1.82) is 0 Å². The highest BCUT2D eigenvalue weighted by molar-refractivity contribution is 6.08. The lowest BCUT2D eigenvalue weighted by Crippen LogP contribution is -2.50. The Kier molecular flexibility index (Phi) is 5.14. The van der Waals surface area contributed by atoms with E-state index in [1.54, 1.807) is 11.9 Å². The molecule has 4 fully saturated rings. The summed E-state index contributed by atoms with van der Waals surface area (Å²) in [5, 5.41) is 3.61. The minimum Gasteiger partial charge on any atom is -0.341 e. The Hall–Kier alpha value is -1.63. The highest BCUT2D eigenvalue weighted by Gasteiger charge is 2.56. The Bertz CT molecular complexity index is 604. The van der Waals surface area contributed by atoms with Gasteiger partial charge in [-0.15, -0.1) is 0 Å². The van der Waals surface area contributed by atoms with Gasteiger partial charge in [-0.05, 0) is 51.0 Å². The van der Waals surface area contributed by atoms with Crippen LogP contribution < -0.4 is 5.32 Å². The van der Waals surface area contributed by atoms with Crippen molar-refractivity contribution in [1.82, 2.24) is 20.0 Å². The van der Waals surface area contributed by atoms with Crippen molar-refractivity contribution < 1.29 is 14.4 Å². The lowest BCUT2D eigenvalue weighted by molar-refractivity contribution is -0.141. The zero-order valence-electron chi connectivity index (χ0n) is 16.4. The molecule has 0 bridgehead atoms. The maximum atomic E-state index is 13.0. The molecule has 7 heteroatoms. The lowest BCUT2D eigenvalue weighted by atomic mass is 9.81. The predicted molar refractivity (Wildman–Crippen MR) is 101 cm³/mol. The fourth-order valence-electron chi connectivity index (χ4n) is 4.89. The zero-order valence-corrected chi connectivity index (χ0v) is 16.4. The van der Waals surface area contributed by atoms with Crippen molar-refractivity contribution in [2.24, 2.45) is 5.92 Å². The van der Waals surface area contributed by atoms with Crippen LogP contribution in [0.25, 0.3) is 0 Å². The number of imide groups is 1. The van der Waals surface area contributed by atoms with E-state index in [1.807, 2.05) is 4.90 Å². The fourth-order valence-corrected chi connectivity index (χ4v) is 4.89. The molecular formula is C20H32N4O3. The Morgan fingerprint density at radius 3 is 2.37 bits per heavy atom. The van der Waals surface area contributed by atoms with Crippen molar-refractivity contribution in [3.63, 3.8) is 0 Å². The minimum absolute atomic E-state index is 0.0985. The van der Waals surface area contributed by atoms with Crippen LogP contribution in [-0.2, 0) is 9.59 Å². The lowest BCUT2D eigenvalue weighted by Gasteiger charge is -2.36. The third-order valence-corrected chi connectivity index (χ3v) is 7.02. The molecule has 4 amide bonds. The molecule has 2 aliphatic heterocycles. The van der Waals surface area contributed by atoms with Gasteiger partial charge in [-0.1, -0.05) is 19.3 Å². The Labute approximate surface area is 161 Å². The van der Waals surface area contributed by atoms with Crippen LogP contribution in [0.2, 0.25) is 0 Å². The van der Waals surface area contributed by atoms with Crippen LogP contribution in [0.5, 0.6) is 0 Å². The first-order valence-electron chi connectivity index (χ1n) is 10.6. The number of likely N-dealkylation sites (tertiary alicyclic amines) is 1. The zero-order chi connectivity index (χ0) is 19.0. The third-order valence-electron chi connectivity index (χ3n) is 7.02. The summed E-state index contributed by atoms with van der Waals surface area (Å²) in [6, 6.07) is 0.178. The molecule has 150 valence electrons. The number of carbonyl (C=O) groups excluding carboxylic acids is 3. The van der Waals surface area contributed by atoms with Crippen molar-refractivity contribution in [3.8, 4) is 0 Å². The molecule has 0 aromatic rings. The van der Waals surface area contributed by atoms with E-state index >= 15 is 0 Å². The van der Waals surface area contributed by atoms with Gasteiger partial charge >= 0.3 is 6.03 Å². The molecular weight excluding hydrogens is 344 g/mol. The van der Waals surface area contributed by atoms with Gasteiger partial charge in [0.2, 0.25) is 5.91 Å². The van der Waals surface area contributed by atoms with Gasteiger partial charge in [0.05, 0.1) is 0 Å². The van der Waals surface area contributed by atoms with Gasteiger partial charge in [0.15, 0.2) is 0 Å². The van der Waals surface area contributed by atoms with Crippen LogP contribution in [-0.4, -0.2) is 77.4 Å². The van der Waals surface area contributed by atoms with E-state index in [9.17, 15) is 14.4 Å². The molecule has 0 aromatic heterocycles. The number of carbonyl (C=O) groups is 3.